The molecule has 4 bridgehead atoms. The zero-order chi connectivity index (χ0) is 21.8. The van der Waals surface area contributed by atoms with Gasteiger partial charge >= 0.3 is 0 Å². The van der Waals surface area contributed by atoms with E-state index in [4.69, 9.17) is 0 Å². The first-order chi connectivity index (χ1) is 14.8. The zero-order valence-corrected chi connectivity index (χ0v) is 19.6. The first kappa shape index (κ1) is 21.1. The van der Waals surface area contributed by atoms with Crippen LogP contribution in [0.5, 0.6) is 0 Å². The third kappa shape index (κ3) is 4.17. The SMILES string of the molecule is CC(C)CN(Cc1cccn1C)C(=O)CN(C(=O)C12CC3CC(CC(C3)C1)C2)C1CC1. The van der Waals surface area contributed by atoms with Crippen molar-refractivity contribution in [2.75, 3.05) is 13.1 Å². The first-order valence-corrected chi connectivity index (χ1v) is 12.5. The van der Waals surface area contributed by atoms with Crippen molar-refractivity contribution in [1.82, 2.24) is 14.4 Å². The van der Waals surface area contributed by atoms with Gasteiger partial charge in [0.2, 0.25) is 11.8 Å². The molecule has 5 aliphatic rings. The average molecular weight is 426 g/mol. The third-order valence-electron chi connectivity index (χ3n) is 8.39. The highest BCUT2D eigenvalue weighted by Gasteiger charge is 2.56. The van der Waals surface area contributed by atoms with Gasteiger partial charge in [-0.2, -0.15) is 0 Å². The lowest BCUT2D eigenvalue weighted by Crippen LogP contribution is -2.56. The maximum absolute atomic E-state index is 14.0. The number of carbonyl (C=O) groups excluding carboxylic acids is 2. The Bertz CT molecular complexity index is 802. The van der Waals surface area contributed by atoms with Crippen LogP contribution in [0.15, 0.2) is 18.3 Å². The van der Waals surface area contributed by atoms with Gasteiger partial charge in [0.05, 0.1) is 12.0 Å². The molecule has 0 spiro atoms. The molecular formula is C26H39N3O2. The summed E-state index contributed by atoms with van der Waals surface area (Å²) in [7, 11) is 2.03. The topological polar surface area (TPSA) is 45.6 Å². The summed E-state index contributed by atoms with van der Waals surface area (Å²) < 4.78 is 2.08. The number of aromatic nitrogens is 1. The van der Waals surface area contributed by atoms with E-state index in [1.807, 2.05) is 29.1 Å². The van der Waals surface area contributed by atoms with Gasteiger partial charge in [-0.05, 0) is 87.2 Å². The fourth-order valence-electron chi connectivity index (χ4n) is 7.23. The molecule has 0 unspecified atom stereocenters. The summed E-state index contributed by atoms with van der Waals surface area (Å²) in [6.45, 7) is 5.93. The first-order valence-electron chi connectivity index (χ1n) is 12.5. The van der Waals surface area contributed by atoms with Crippen LogP contribution in [0.1, 0.15) is 70.9 Å². The lowest BCUT2D eigenvalue weighted by Gasteiger charge is -2.56. The Hall–Kier alpha value is -1.78. The molecular weight excluding hydrogens is 386 g/mol. The smallest absolute Gasteiger partial charge is 0.242 e. The van der Waals surface area contributed by atoms with Crippen LogP contribution in [-0.4, -0.2) is 45.3 Å². The Balaban J connectivity index is 1.32. The maximum Gasteiger partial charge on any atom is 0.242 e. The van der Waals surface area contributed by atoms with Gasteiger partial charge in [0.1, 0.15) is 6.54 Å². The standard InChI is InChI=1S/C26H39N3O2/c1-18(2)15-28(16-23-5-4-8-27(23)3)24(30)17-29(22-6-7-22)25(31)26-12-19-9-20(13-26)11-21(10-19)14-26/h4-5,8,18-22H,6-7,9-17H2,1-3H3. The van der Waals surface area contributed by atoms with E-state index in [1.54, 1.807) is 0 Å². The number of aryl methyl sites for hydroxylation is 1. The van der Waals surface area contributed by atoms with E-state index < -0.39 is 0 Å². The van der Waals surface area contributed by atoms with Crippen molar-refractivity contribution in [3.63, 3.8) is 0 Å². The Morgan fingerprint density at radius 3 is 2.19 bits per heavy atom. The van der Waals surface area contributed by atoms with E-state index in [9.17, 15) is 9.59 Å². The van der Waals surface area contributed by atoms with Gasteiger partial charge in [-0.25, -0.2) is 0 Å². The largest absolute Gasteiger partial charge is 0.353 e. The quantitative estimate of drug-likeness (QED) is 0.626. The normalized spacial score (nSPS) is 31.3. The van der Waals surface area contributed by atoms with Gasteiger partial charge in [-0.15, -0.1) is 0 Å². The number of rotatable bonds is 8. The number of hydrogen-bond donors (Lipinski definition) is 0. The van der Waals surface area contributed by atoms with E-state index >= 15 is 0 Å². The molecule has 5 fully saturated rings. The van der Waals surface area contributed by atoms with Crippen LogP contribution in [0.2, 0.25) is 0 Å². The minimum absolute atomic E-state index is 0.111. The lowest BCUT2D eigenvalue weighted by molar-refractivity contribution is -0.161. The molecule has 5 saturated carbocycles. The predicted molar refractivity (Wildman–Crippen MR) is 121 cm³/mol. The summed E-state index contributed by atoms with van der Waals surface area (Å²) in [5.41, 5.74) is 0.984. The van der Waals surface area contributed by atoms with Crippen LogP contribution in [-0.2, 0) is 23.2 Å². The lowest BCUT2D eigenvalue weighted by atomic mass is 9.49. The molecule has 6 rings (SSSR count). The van der Waals surface area contributed by atoms with Crippen molar-refractivity contribution in [3.8, 4) is 0 Å². The molecule has 0 aliphatic heterocycles. The van der Waals surface area contributed by atoms with Crippen LogP contribution in [0, 0.1) is 29.1 Å². The summed E-state index contributed by atoms with van der Waals surface area (Å²) in [5.74, 6) is 3.09. The Morgan fingerprint density at radius 1 is 1.10 bits per heavy atom. The van der Waals surface area contributed by atoms with Gasteiger partial charge < -0.3 is 14.4 Å². The molecule has 170 valence electrons. The fraction of sp³-hybridized carbons (Fsp3) is 0.769. The van der Waals surface area contributed by atoms with Gasteiger partial charge in [0.25, 0.3) is 0 Å². The van der Waals surface area contributed by atoms with E-state index in [-0.39, 0.29) is 17.9 Å². The van der Waals surface area contributed by atoms with Crippen LogP contribution in [0.3, 0.4) is 0 Å². The minimum Gasteiger partial charge on any atom is -0.353 e. The molecule has 5 nitrogen and oxygen atoms in total. The molecule has 1 aromatic rings. The number of nitrogens with zero attached hydrogens (tertiary/aromatic N) is 3. The summed E-state index contributed by atoms with van der Waals surface area (Å²) in [6.07, 6.45) is 11.4. The second-order valence-corrected chi connectivity index (χ2v) is 11.6. The molecule has 1 aromatic heterocycles. The highest BCUT2D eigenvalue weighted by atomic mass is 16.2. The molecule has 0 atom stereocenters. The number of hydrogen-bond acceptors (Lipinski definition) is 2. The van der Waals surface area contributed by atoms with Crippen LogP contribution >= 0.6 is 0 Å². The average Bonchev–Trinajstić information content (AvgIpc) is 3.46. The number of carbonyl (C=O) groups is 2. The monoisotopic (exact) mass is 425 g/mol. The Labute approximate surface area is 187 Å². The highest BCUT2D eigenvalue weighted by molar-refractivity contribution is 5.89. The van der Waals surface area contributed by atoms with Crippen molar-refractivity contribution < 1.29 is 9.59 Å². The zero-order valence-electron chi connectivity index (χ0n) is 19.6. The molecule has 0 aromatic carbocycles. The predicted octanol–water partition coefficient (Wildman–Crippen LogP) is 4.22. The van der Waals surface area contributed by atoms with Gasteiger partial charge in [0.15, 0.2) is 0 Å². The molecule has 0 radical (unpaired) electrons. The maximum atomic E-state index is 14.0. The molecule has 2 amide bonds. The summed E-state index contributed by atoms with van der Waals surface area (Å²) in [4.78, 5) is 31.5. The van der Waals surface area contributed by atoms with Crippen molar-refractivity contribution in [1.29, 1.82) is 0 Å². The minimum atomic E-state index is -0.154. The van der Waals surface area contributed by atoms with E-state index in [0.29, 0.717) is 24.4 Å². The summed E-state index contributed by atoms with van der Waals surface area (Å²) in [6, 6.07) is 4.40. The van der Waals surface area contributed by atoms with E-state index in [1.165, 1.54) is 19.3 Å². The molecule has 0 N–H and O–H groups in total. The second-order valence-electron chi connectivity index (χ2n) is 11.6. The van der Waals surface area contributed by atoms with E-state index in [2.05, 4.69) is 24.5 Å². The van der Waals surface area contributed by atoms with E-state index in [0.717, 1.165) is 62.1 Å². The third-order valence-corrected chi connectivity index (χ3v) is 8.39. The van der Waals surface area contributed by atoms with Crippen molar-refractivity contribution in [2.45, 2.75) is 77.8 Å². The van der Waals surface area contributed by atoms with Crippen molar-refractivity contribution >= 4 is 11.8 Å². The van der Waals surface area contributed by atoms with Crippen LogP contribution in [0.25, 0.3) is 0 Å². The Morgan fingerprint density at radius 2 is 1.71 bits per heavy atom. The number of amides is 2. The molecule has 31 heavy (non-hydrogen) atoms. The van der Waals surface area contributed by atoms with Crippen molar-refractivity contribution in [3.05, 3.63) is 24.0 Å². The van der Waals surface area contributed by atoms with Gasteiger partial charge in [-0.1, -0.05) is 13.8 Å². The van der Waals surface area contributed by atoms with Crippen molar-refractivity contribution in [2.24, 2.45) is 36.1 Å². The van der Waals surface area contributed by atoms with Crippen LogP contribution < -0.4 is 0 Å². The summed E-state index contributed by atoms with van der Waals surface area (Å²) in [5, 5.41) is 0. The van der Waals surface area contributed by atoms with Crippen LogP contribution in [0.4, 0.5) is 0 Å². The van der Waals surface area contributed by atoms with Gasteiger partial charge in [0, 0.05) is 31.5 Å². The highest BCUT2D eigenvalue weighted by Crippen LogP contribution is 2.61. The molecule has 0 saturated heterocycles. The van der Waals surface area contributed by atoms with Gasteiger partial charge in [-0.3, -0.25) is 9.59 Å². The Kier molecular flexibility index (Phi) is 5.42. The molecule has 5 aliphatic carbocycles. The summed E-state index contributed by atoms with van der Waals surface area (Å²) >= 11 is 0. The molecule has 5 heteroatoms. The second kappa shape index (κ2) is 7.97. The fourth-order valence-corrected chi connectivity index (χ4v) is 7.23. The molecule has 1 heterocycles.